The van der Waals surface area contributed by atoms with E-state index in [1.807, 2.05) is 12.1 Å². The molecule has 1 unspecified atom stereocenters. The van der Waals surface area contributed by atoms with Crippen LogP contribution in [0, 0.1) is 0 Å². The Morgan fingerprint density at radius 2 is 2.28 bits per heavy atom. The molecule has 25 heavy (non-hydrogen) atoms. The Bertz CT molecular complexity index is 728. The molecule has 7 nitrogen and oxygen atoms in total. The van der Waals surface area contributed by atoms with Gasteiger partial charge < -0.3 is 24.8 Å². The average molecular weight is 363 g/mol. The Hall–Kier alpha value is -2.32. The third-order valence-electron chi connectivity index (χ3n) is 3.90. The van der Waals surface area contributed by atoms with E-state index in [9.17, 15) is 4.79 Å². The van der Waals surface area contributed by atoms with Crippen molar-refractivity contribution in [2.24, 2.45) is 0 Å². The van der Waals surface area contributed by atoms with Crippen molar-refractivity contribution in [3.8, 4) is 11.5 Å². The number of carbonyl (C=O) groups is 1. The van der Waals surface area contributed by atoms with Crippen LogP contribution in [0.2, 0.25) is 0 Å². The summed E-state index contributed by atoms with van der Waals surface area (Å²) in [6, 6.07) is 5.45. The molecule has 1 atom stereocenters. The van der Waals surface area contributed by atoms with E-state index in [-0.39, 0.29) is 12.0 Å². The van der Waals surface area contributed by atoms with Gasteiger partial charge in [0.15, 0.2) is 5.13 Å². The smallest absolute Gasteiger partial charge is 0.270 e. The van der Waals surface area contributed by atoms with Gasteiger partial charge in [-0.15, -0.1) is 11.3 Å². The Labute approximate surface area is 150 Å². The highest BCUT2D eigenvalue weighted by molar-refractivity contribution is 7.14. The normalized spacial score (nSPS) is 16.5. The molecule has 1 aliphatic heterocycles. The van der Waals surface area contributed by atoms with Crippen molar-refractivity contribution in [3.05, 3.63) is 29.3 Å². The lowest BCUT2D eigenvalue weighted by Crippen LogP contribution is -2.31. The predicted octanol–water partition coefficient (Wildman–Crippen LogP) is 2.81. The molecule has 1 saturated heterocycles. The van der Waals surface area contributed by atoms with E-state index in [1.165, 1.54) is 11.3 Å². The minimum atomic E-state index is -0.193. The third kappa shape index (κ3) is 4.40. The van der Waals surface area contributed by atoms with Crippen molar-refractivity contribution in [2.45, 2.75) is 18.9 Å². The number of anilines is 2. The average Bonchev–Trinajstić information content (AvgIpc) is 3.32. The lowest BCUT2D eigenvalue weighted by molar-refractivity contribution is 0.0854. The zero-order valence-corrected chi connectivity index (χ0v) is 15.0. The molecule has 1 amide bonds. The number of hydrogen-bond donors (Lipinski definition) is 2. The number of amides is 1. The summed E-state index contributed by atoms with van der Waals surface area (Å²) in [6.45, 7) is 1.29. The summed E-state index contributed by atoms with van der Waals surface area (Å²) < 4.78 is 16.0. The molecule has 2 N–H and O–H groups in total. The van der Waals surface area contributed by atoms with E-state index in [0.717, 1.165) is 25.1 Å². The van der Waals surface area contributed by atoms with Crippen LogP contribution in [0.3, 0.4) is 0 Å². The molecule has 1 aromatic heterocycles. The van der Waals surface area contributed by atoms with Crippen molar-refractivity contribution in [1.82, 2.24) is 10.3 Å². The van der Waals surface area contributed by atoms with Gasteiger partial charge in [0.05, 0.1) is 26.0 Å². The molecular formula is C17H21N3O4S. The summed E-state index contributed by atoms with van der Waals surface area (Å²) in [5, 5.41) is 8.38. The molecule has 2 aromatic rings. The Kier molecular flexibility index (Phi) is 5.72. The molecule has 1 aliphatic rings. The summed E-state index contributed by atoms with van der Waals surface area (Å²) in [7, 11) is 3.19. The van der Waals surface area contributed by atoms with Gasteiger partial charge in [0.2, 0.25) is 0 Å². The monoisotopic (exact) mass is 363 g/mol. The topological polar surface area (TPSA) is 81.7 Å². The molecule has 1 fully saturated rings. The zero-order valence-electron chi connectivity index (χ0n) is 14.2. The fraction of sp³-hybridized carbons (Fsp3) is 0.412. The first kappa shape index (κ1) is 17.5. The van der Waals surface area contributed by atoms with Gasteiger partial charge in [-0.05, 0) is 25.0 Å². The lowest BCUT2D eigenvalue weighted by atomic mass is 10.2. The first-order valence-electron chi connectivity index (χ1n) is 8.04. The second-order valence-electron chi connectivity index (χ2n) is 5.57. The van der Waals surface area contributed by atoms with Crippen LogP contribution in [0.4, 0.5) is 10.8 Å². The maximum absolute atomic E-state index is 12.2. The number of nitrogens with one attached hydrogen (secondary N) is 2. The molecule has 0 aliphatic carbocycles. The standard InChI is InChI=1S/C17H21N3O4S/c1-22-11-5-6-13(15(8-11)23-2)19-17-20-14(10-25-17)16(21)18-9-12-4-3-7-24-12/h5-6,8,10,12H,3-4,7,9H2,1-2H3,(H,18,21)(H,19,20). The van der Waals surface area contributed by atoms with E-state index in [2.05, 4.69) is 15.6 Å². The van der Waals surface area contributed by atoms with Gasteiger partial charge in [0, 0.05) is 24.6 Å². The van der Waals surface area contributed by atoms with E-state index in [4.69, 9.17) is 14.2 Å². The number of methoxy groups -OCH3 is 2. The molecular weight excluding hydrogens is 342 g/mol. The molecule has 3 rings (SSSR count). The minimum Gasteiger partial charge on any atom is -0.497 e. The van der Waals surface area contributed by atoms with Crippen molar-refractivity contribution < 1.29 is 19.0 Å². The Morgan fingerprint density at radius 1 is 1.40 bits per heavy atom. The van der Waals surface area contributed by atoms with Crippen LogP contribution in [-0.2, 0) is 4.74 Å². The van der Waals surface area contributed by atoms with Gasteiger partial charge in [0.25, 0.3) is 5.91 Å². The van der Waals surface area contributed by atoms with Crippen LogP contribution < -0.4 is 20.1 Å². The minimum absolute atomic E-state index is 0.115. The first-order valence-corrected chi connectivity index (χ1v) is 8.92. The summed E-state index contributed by atoms with van der Waals surface area (Å²) in [5.74, 6) is 1.15. The maximum atomic E-state index is 12.2. The van der Waals surface area contributed by atoms with Gasteiger partial charge in [-0.1, -0.05) is 0 Å². The highest BCUT2D eigenvalue weighted by Gasteiger charge is 2.18. The van der Waals surface area contributed by atoms with Crippen molar-refractivity contribution in [1.29, 1.82) is 0 Å². The van der Waals surface area contributed by atoms with Crippen molar-refractivity contribution in [2.75, 3.05) is 32.7 Å². The Balaban J connectivity index is 1.62. The first-order chi connectivity index (χ1) is 12.2. The fourth-order valence-corrected chi connectivity index (χ4v) is 3.26. The van der Waals surface area contributed by atoms with E-state index >= 15 is 0 Å². The summed E-state index contributed by atoms with van der Waals surface area (Å²) in [4.78, 5) is 16.5. The molecule has 0 bridgehead atoms. The van der Waals surface area contributed by atoms with Gasteiger partial charge in [0.1, 0.15) is 17.2 Å². The Morgan fingerprint density at radius 3 is 3.00 bits per heavy atom. The number of carbonyl (C=O) groups excluding carboxylic acids is 1. The number of thiazole rings is 1. The van der Waals surface area contributed by atoms with E-state index < -0.39 is 0 Å². The van der Waals surface area contributed by atoms with Crippen LogP contribution in [0.15, 0.2) is 23.6 Å². The van der Waals surface area contributed by atoms with Crippen molar-refractivity contribution in [3.63, 3.8) is 0 Å². The fourth-order valence-electron chi connectivity index (χ4n) is 2.55. The number of aromatic nitrogens is 1. The predicted molar refractivity (Wildman–Crippen MR) is 96.2 cm³/mol. The number of hydrogen-bond acceptors (Lipinski definition) is 7. The molecule has 8 heteroatoms. The zero-order chi connectivity index (χ0) is 17.6. The van der Waals surface area contributed by atoms with Gasteiger partial charge in [-0.2, -0.15) is 0 Å². The van der Waals surface area contributed by atoms with E-state index in [1.54, 1.807) is 25.7 Å². The van der Waals surface area contributed by atoms with Crippen LogP contribution in [0.25, 0.3) is 0 Å². The lowest BCUT2D eigenvalue weighted by Gasteiger charge is -2.10. The van der Waals surface area contributed by atoms with Gasteiger partial charge in [-0.25, -0.2) is 4.98 Å². The van der Waals surface area contributed by atoms with Crippen LogP contribution >= 0.6 is 11.3 Å². The maximum Gasteiger partial charge on any atom is 0.270 e. The van der Waals surface area contributed by atoms with Crippen LogP contribution in [0.5, 0.6) is 11.5 Å². The molecule has 0 spiro atoms. The molecule has 2 heterocycles. The van der Waals surface area contributed by atoms with Gasteiger partial charge in [-0.3, -0.25) is 4.79 Å². The number of benzene rings is 1. The molecule has 1 aromatic carbocycles. The molecule has 0 saturated carbocycles. The molecule has 0 radical (unpaired) electrons. The van der Waals surface area contributed by atoms with Crippen molar-refractivity contribution >= 4 is 28.1 Å². The summed E-state index contributed by atoms with van der Waals surface area (Å²) >= 11 is 1.36. The highest BCUT2D eigenvalue weighted by atomic mass is 32.1. The summed E-state index contributed by atoms with van der Waals surface area (Å²) in [5.41, 5.74) is 1.14. The van der Waals surface area contributed by atoms with Gasteiger partial charge >= 0.3 is 0 Å². The largest absolute Gasteiger partial charge is 0.497 e. The second kappa shape index (κ2) is 8.17. The quantitative estimate of drug-likeness (QED) is 0.787. The summed E-state index contributed by atoms with van der Waals surface area (Å²) in [6.07, 6.45) is 2.15. The number of nitrogens with zero attached hydrogens (tertiary/aromatic N) is 1. The van der Waals surface area contributed by atoms with E-state index in [0.29, 0.717) is 28.9 Å². The molecule has 134 valence electrons. The highest BCUT2D eigenvalue weighted by Crippen LogP contribution is 2.32. The van der Waals surface area contributed by atoms with Crippen LogP contribution in [-0.4, -0.2) is 44.4 Å². The number of ether oxygens (including phenoxy) is 3. The SMILES string of the molecule is COc1ccc(Nc2nc(C(=O)NCC3CCCO3)cs2)c(OC)c1. The third-order valence-corrected chi connectivity index (χ3v) is 4.66. The number of rotatable bonds is 7. The van der Waals surface area contributed by atoms with Crippen LogP contribution in [0.1, 0.15) is 23.3 Å². The second-order valence-corrected chi connectivity index (χ2v) is 6.43.